The fraction of sp³-hybridized carbons (Fsp3) is 0.269. The van der Waals surface area contributed by atoms with Crippen LogP contribution in [0.2, 0.25) is 0 Å². The van der Waals surface area contributed by atoms with Crippen LogP contribution in [-0.4, -0.2) is 44.8 Å². The van der Waals surface area contributed by atoms with E-state index in [4.69, 9.17) is 23.9 Å². The topological polar surface area (TPSA) is 52.5 Å². The second-order valence-corrected chi connectivity index (χ2v) is 7.96. The molecule has 0 aliphatic heterocycles. The molecule has 0 heterocycles. The van der Waals surface area contributed by atoms with Gasteiger partial charge in [-0.2, -0.15) is 0 Å². The summed E-state index contributed by atoms with van der Waals surface area (Å²) < 4.78 is 21.5. The number of aliphatic imine (C=N–C) groups is 1. The standard InChI is InChI=1S/C26H30N2O4S/c1-29-21-10-6-19(7-11-21)17-28(18-20-8-12-22(30-2)13-9-20)26(33-5)27-24-15-14-23(31-3)16-25(24)32-4/h6-16H,17-18H2,1-5H3. The van der Waals surface area contributed by atoms with Gasteiger partial charge in [0, 0.05) is 19.2 Å². The van der Waals surface area contributed by atoms with Crippen LogP contribution in [0.15, 0.2) is 71.7 Å². The molecule has 0 fully saturated rings. The number of benzene rings is 3. The van der Waals surface area contributed by atoms with Gasteiger partial charge >= 0.3 is 0 Å². The molecule has 6 nitrogen and oxygen atoms in total. The Balaban J connectivity index is 1.96. The minimum Gasteiger partial charge on any atom is -0.497 e. The number of methoxy groups -OCH3 is 4. The van der Waals surface area contributed by atoms with E-state index in [2.05, 4.69) is 29.2 Å². The van der Waals surface area contributed by atoms with Gasteiger partial charge in [0.2, 0.25) is 0 Å². The summed E-state index contributed by atoms with van der Waals surface area (Å²) in [5.41, 5.74) is 3.07. The molecule has 0 amide bonds. The van der Waals surface area contributed by atoms with E-state index in [-0.39, 0.29) is 0 Å². The van der Waals surface area contributed by atoms with Crippen molar-refractivity contribution < 1.29 is 18.9 Å². The number of hydrogen-bond acceptors (Lipinski definition) is 6. The summed E-state index contributed by atoms with van der Waals surface area (Å²) in [6.07, 6.45) is 2.03. The minimum absolute atomic E-state index is 0.662. The highest BCUT2D eigenvalue weighted by atomic mass is 32.2. The van der Waals surface area contributed by atoms with Crippen molar-refractivity contribution >= 4 is 22.6 Å². The van der Waals surface area contributed by atoms with Crippen LogP contribution in [-0.2, 0) is 13.1 Å². The summed E-state index contributed by atoms with van der Waals surface area (Å²) >= 11 is 1.60. The molecule has 174 valence electrons. The SMILES string of the molecule is COc1ccc(CN(Cc2ccc(OC)cc2)C(=Nc2ccc(OC)cc2OC)SC)cc1. The number of rotatable bonds is 9. The predicted octanol–water partition coefficient (Wildman–Crippen LogP) is 5.77. The molecule has 3 aromatic carbocycles. The van der Waals surface area contributed by atoms with Crippen molar-refractivity contribution in [1.29, 1.82) is 0 Å². The minimum atomic E-state index is 0.662. The van der Waals surface area contributed by atoms with Crippen molar-refractivity contribution in [2.45, 2.75) is 13.1 Å². The highest BCUT2D eigenvalue weighted by Gasteiger charge is 2.15. The molecule has 0 N–H and O–H groups in total. The van der Waals surface area contributed by atoms with Gasteiger partial charge in [0.1, 0.15) is 28.7 Å². The Hall–Kier alpha value is -3.32. The van der Waals surface area contributed by atoms with Gasteiger partial charge in [0.25, 0.3) is 0 Å². The van der Waals surface area contributed by atoms with E-state index in [1.54, 1.807) is 40.2 Å². The smallest absolute Gasteiger partial charge is 0.164 e. The Morgan fingerprint density at radius 3 is 1.61 bits per heavy atom. The van der Waals surface area contributed by atoms with Gasteiger partial charge in [-0.05, 0) is 53.8 Å². The summed E-state index contributed by atoms with van der Waals surface area (Å²) in [5, 5.41) is 0.880. The lowest BCUT2D eigenvalue weighted by molar-refractivity contribution is 0.394. The maximum absolute atomic E-state index is 5.56. The average Bonchev–Trinajstić information content (AvgIpc) is 2.87. The fourth-order valence-corrected chi connectivity index (χ4v) is 3.90. The summed E-state index contributed by atoms with van der Waals surface area (Å²) in [7, 11) is 6.62. The second-order valence-electron chi connectivity index (χ2n) is 7.19. The van der Waals surface area contributed by atoms with Gasteiger partial charge in [0.15, 0.2) is 5.17 Å². The molecular weight excluding hydrogens is 436 g/mol. The first-order chi connectivity index (χ1) is 16.1. The van der Waals surface area contributed by atoms with E-state index in [9.17, 15) is 0 Å². The van der Waals surface area contributed by atoms with Gasteiger partial charge in [-0.1, -0.05) is 36.0 Å². The summed E-state index contributed by atoms with van der Waals surface area (Å²) in [6.45, 7) is 1.38. The summed E-state index contributed by atoms with van der Waals surface area (Å²) in [5.74, 6) is 3.06. The fourth-order valence-electron chi connectivity index (χ4n) is 3.32. The summed E-state index contributed by atoms with van der Waals surface area (Å²) in [4.78, 5) is 7.21. The van der Waals surface area contributed by atoms with Crippen molar-refractivity contribution in [3.05, 3.63) is 77.9 Å². The first-order valence-corrected chi connectivity index (χ1v) is 11.7. The van der Waals surface area contributed by atoms with Gasteiger partial charge in [-0.15, -0.1) is 0 Å². The molecule has 0 bridgehead atoms. The highest BCUT2D eigenvalue weighted by molar-refractivity contribution is 8.13. The van der Waals surface area contributed by atoms with Crippen LogP contribution >= 0.6 is 11.8 Å². The molecule has 7 heteroatoms. The van der Waals surface area contributed by atoms with Gasteiger partial charge in [-0.25, -0.2) is 4.99 Å². The van der Waals surface area contributed by atoms with Crippen LogP contribution in [0, 0.1) is 0 Å². The Kier molecular flexibility index (Phi) is 8.89. The van der Waals surface area contributed by atoms with Crippen LogP contribution in [0.25, 0.3) is 0 Å². The Bertz CT molecular complexity index is 1000. The Labute approximate surface area is 200 Å². The van der Waals surface area contributed by atoms with E-state index in [1.165, 1.54) is 0 Å². The van der Waals surface area contributed by atoms with Crippen molar-refractivity contribution in [3.8, 4) is 23.0 Å². The third-order valence-corrected chi connectivity index (χ3v) is 5.84. The first-order valence-electron chi connectivity index (χ1n) is 10.5. The Morgan fingerprint density at radius 2 is 1.18 bits per heavy atom. The lowest BCUT2D eigenvalue weighted by atomic mass is 10.1. The maximum atomic E-state index is 5.56. The zero-order chi connectivity index (χ0) is 23.6. The zero-order valence-electron chi connectivity index (χ0n) is 19.7. The molecular formula is C26H30N2O4S. The van der Waals surface area contributed by atoms with Crippen LogP contribution in [0.1, 0.15) is 11.1 Å². The number of thioether (sulfide) groups is 1. The third-order valence-electron chi connectivity index (χ3n) is 5.12. The number of hydrogen-bond donors (Lipinski definition) is 0. The molecule has 0 aliphatic carbocycles. The van der Waals surface area contributed by atoms with Crippen LogP contribution in [0.4, 0.5) is 5.69 Å². The summed E-state index contributed by atoms with van der Waals surface area (Å²) in [6, 6.07) is 21.8. The Morgan fingerprint density at radius 1 is 0.697 bits per heavy atom. The van der Waals surface area contributed by atoms with Crippen molar-refractivity contribution in [1.82, 2.24) is 4.90 Å². The molecule has 0 radical (unpaired) electrons. The predicted molar refractivity (Wildman–Crippen MR) is 135 cm³/mol. The largest absolute Gasteiger partial charge is 0.497 e. The lowest BCUT2D eigenvalue weighted by Crippen LogP contribution is -2.27. The lowest BCUT2D eigenvalue weighted by Gasteiger charge is -2.26. The molecule has 3 rings (SSSR count). The van der Waals surface area contributed by atoms with Gasteiger partial charge in [0.05, 0.1) is 28.4 Å². The first kappa shape index (κ1) is 24.3. The zero-order valence-corrected chi connectivity index (χ0v) is 20.5. The molecule has 0 saturated carbocycles. The number of ether oxygens (including phenoxy) is 4. The molecule has 0 aliphatic rings. The van der Waals surface area contributed by atoms with Crippen molar-refractivity contribution in [2.24, 2.45) is 4.99 Å². The number of nitrogens with zero attached hydrogens (tertiary/aromatic N) is 2. The average molecular weight is 467 g/mol. The van der Waals surface area contributed by atoms with Crippen molar-refractivity contribution in [3.63, 3.8) is 0 Å². The van der Waals surface area contributed by atoms with E-state index in [1.807, 2.05) is 48.7 Å². The quantitative estimate of drug-likeness (QED) is 0.295. The normalized spacial score (nSPS) is 11.1. The molecule has 0 saturated heterocycles. The monoisotopic (exact) mass is 466 g/mol. The van der Waals surface area contributed by atoms with Crippen LogP contribution in [0.5, 0.6) is 23.0 Å². The van der Waals surface area contributed by atoms with E-state index in [0.29, 0.717) is 18.8 Å². The van der Waals surface area contributed by atoms with Gasteiger partial charge < -0.3 is 23.8 Å². The van der Waals surface area contributed by atoms with Gasteiger partial charge in [-0.3, -0.25) is 0 Å². The molecule has 0 unspecified atom stereocenters. The highest BCUT2D eigenvalue weighted by Crippen LogP contribution is 2.33. The van der Waals surface area contributed by atoms with E-state index in [0.717, 1.165) is 39.2 Å². The van der Waals surface area contributed by atoms with Crippen LogP contribution < -0.4 is 18.9 Å². The molecule has 33 heavy (non-hydrogen) atoms. The molecule has 0 aromatic heterocycles. The molecule has 0 spiro atoms. The third kappa shape index (κ3) is 6.58. The van der Waals surface area contributed by atoms with Crippen molar-refractivity contribution in [2.75, 3.05) is 34.7 Å². The van der Waals surface area contributed by atoms with Crippen LogP contribution in [0.3, 0.4) is 0 Å². The maximum Gasteiger partial charge on any atom is 0.164 e. The molecule has 3 aromatic rings. The molecule has 0 atom stereocenters. The second kappa shape index (κ2) is 12.1. The van der Waals surface area contributed by atoms with E-state index >= 15 is 0 Å². The van der Waals surface area contributed by atoms with E-state index < -0.39 is 0 Å². The number of amidine groups is 1.